The van der Waals surface area contributed by atoms with Crippen molar-refractivity contribution in [1.29, 1.82) is 0 Å². The number of halogens is 3. The van der Waals surface area contributed by atoms with Gasteiger partial charge in [0.2, 0.25) is 0 Å². The van der Waals surface area contributed by atoms with Gasteiger partial charge in [-0.25, -0.2) is 0 Å². The number of aliphatic hydroxyl groups excluding tert-OH is 1. The molecule has 0 spiro atoms. The van der Waals surface area contributed by atoms with E-state index in [0.29, 0.717) is 23.1 Å². The lowest BCUT2D eigenvalue weighted by Gasteiger charge is -2.34. The second-order valence-corrected chi connectivity index (χ2v) is 4.86. The Bertz CT molecular complexity index is 388. The molecule has 0 aliphatic carbocycles. The van der Waals surface area contributed by atoms with Crippen molar-refractivity contribution in [3.63, 3.8) is 0 Å². The third kappa shape index (κ3) is 3.90. The van der Waals surface area contributed by atoms with Gasteiger partial charge in [0.25, 0.3) is 0 Å². The fourth-order valence-electron chi connectivity index (χ4n) is 1.95. The number of hydrogen-bond acceptors (Lipinski definition) is 3. The van der Waals surface area contributed by atoms with Gasteiger partial charge in [-0.15, -0.1) is 12.4 Å². The second kappa shape index (κ2) is 7.41. The number of benzene rings is 1. The minimum absolute atomic E-state index is 0. The normalized spacial score (nSPS) is 19.5. The fraction of sp³-hybridized carbons (Fsp3) is 0.500. The van der Waals surface area contributed by atoms with Gasteiger partial charge >= 0.3 is 0 Å². The van der Waals surface area contributed by atoms with Crippen LogP contribution in [0.15, 0.2) is 18.2 Å². The number of anilines is 1. The maximum absolute atomic E-state index is 8.92. The minimum Gasteiger partial charge on any atom is -0.396 e. The van der Waals surface area contributed by atoms with Crippen molar-refractivity contribution in [3.05, 3.63) is 28.2 Å². The van der Waals surface area contributed by atoms with Crippen LogP contribution in [0.25, 0.3) is 0 Å². The molecule has 2 rings (SSSR count). The van der Waals surface area contributed by atoms with Gasteiger partial charge in [-0.2, -0.15) is 0 Å². The van der Waals surface area contributed by atoms with Crippen LogP contribution in [0.3, 0.4) is 0 Å². The van der Waals surface area contributed by atoms with Crippen molar-refractivity contribution in [2.24, 2.45) is 0 Å². The first-order valence-corrected chi connectivity index (χ1v) is 6.39. The molecule has 1 N–H and O–H groups in total. The average Bonchev–Trinajstić information content (AvgIpc) is 2.33. The Morgan fingerprint density at radius 2 is 2.11 bits per heavy atom. The Morgan fingerprint density at radius 3 is 2.78 bits per heavy atom. The molecule has 0 amide bonds. The summed E-state index contributed by atoms with van der Waals surface area (Å²) in [6, 6.07) is 5.62. The van der Waals surface area contributed by atoms with E-state index in [1.165, 1.54) is 0 Å². The predicted octanol–water partition coefficient (Wildman–Crippen LogP) is 3.00. The summed E-state index contributed by atoms with van der Waals surface area (Å²) >= 11 is 11.9. The van der Waals surface area contributed by atoms with Gasteiger partial charge in [-0.1, -0.05) is 23.2 Å². The predicted molar refractivity (Wildman–Crippen MR) is 77.4 cm³/mol. The fourth-order valence-corrected chi connectivity index (χ4v) is 2.25. The van der Waals surface area contributed by atoms with E-state index in [1.54, 1.807) is 6.07 Å². The maximum atomic E-state index is 8.92. The summed E-state index contributed by atoms with van der Waals surface area (Å²) in [5.74, 6) is 0. The number of morpholine rings is 1. The van der Waals surface area contributed by atoms with E-state index >= 15 is 0 Å². The molecule has 3 nitrogen and oxygen atoms in total. The van der Waals surface area contributed by atoms with Gasteiger partial charge in [0.15, 0.2) is 0 Å². The molecule has 0 radical (unpaired) electrons. The molecule has 0 bridgehead atoms. The zero-order valence-corrected chi connectivity index (χ0v) is 12.1. The largest absolute Gasteiger partial charge is 0.396 e. The summed E-state index contributed by atoms with van der Waals surface area (Å²) < 4.78 is 5.56. The van der Waals surface area contributed by atoms with Crippen molar-refractivity contribution >= 4 is 41.3 Å². The standard InChI is InChI=1S/C12H15Cl2NO2.ClH/c13-11-2-1-9(7-12(11)14)15-4-6-17-10(8-15)3-5-16;/h1-2,7,10,16H,3-6,8H2;1H. The minimum atomic E-state index is 0. The van der Waals surface area contributed by atoms with Crippen LogP contribution < -0.4 is 4.90 Å². The molecule has 0 aromatic heterocycles. The van der Waals surface area contributed by atoms with Crippen molar-refractivity contribution < 1.29 is 9.84 Å². The molecule has 1 atom stereocenters. The van der Waals surface area contributed by atoms with Crippen LogP contribution in [0.2, 0.25) is 10.0 Å². The first-order valence-electron chi connectivity index (χ1n) is 5.63. The van der Waals surface area contributed by atoms with Gasteiger partial charge in [0.1, 0.15) is 0 Å². The average molecular weight is 313 g/mol. The summed E-state index contributed by atoms with van der Waals surface area (Å²) in [5.41, 5.74) is 1.05. The van der Waals surface area contributed by atoms with Crippen molar-refractivity contribution in [2.75, 3.05) is 31.2 Å². The van der Waals surface area contributed by atoms with Crippen LogP contribution in [0.5, 0.6) is 0 Å². The Labute approximate surface area is 123 Å². The number of rotatable bonds is 3. The SMILES string of the molecule is Cl.OCCC1CN(c2ccc(Cl)c(Cl)c2)CCO1. The molecule has 1 aromatic carbocycles. The Hall–Kier alpha value is -0.190. The molecule has 0 saturated carbocycles. The van der Waals surface area contributed by atoms with Crippen LogP contribution in [0.1, 0.15) is 6.42 Å². The van der Waals surface area contributed by atoms with E-state index < -0.39 is 0 Å². The summed E-state index contributed by atoms with van der Waals surface area (Å²) in [5, 5.41) is 10.0. The first-order chi connectivity index (χ1) is 8.20. The monoisotopic (exact) mass is 311 g/mol. The number of nitrogens with zero attached hydrogens (tertiary/aromatic N) is 1. The zero-order chi connectivity index (χ0) is 12.3. The van der Waals surface area contributed by atoms with Gasteiger partial charge in [0.05, 0.1) is 22.8 Å². The highest BCUT2D eigenvalue weighted by atomic mass is 35.5. The van der Waals surface area contributed by atoms with Crippen molar-refractivity contribution in [1.82, 2.24) is 0 Å². The summed E-state index contributed by atoms with van der Waals surface area (Å²) in [6.45, 7) is 2.43. The third-order valence-corrected chi connectivity index (χ3v) is 3.60. The highest BCUT2D eigenvalue weighted by Crippen LogP contribution is 2.28. The molecule has 1 aromatic rings. The number of ether oxygens (including phenoxy) is 1. The van der Waals surface area contributed by atoms with E-state index in [0.717, 1.165) is 18.8 Å². The third-order valence-electron chi connectivity index (χ3n) is 2.86. The number of aliphatic hydroxyl groups is 1. The first kappa shape index (κ1) is 15.9. The topological polar surface area (TPSA) is 32.7 Å². The zero-order valence-electron chi connectivity index (χ0n) is 9.81. The molecule has 6 heteroatoms. The molecular weight excluding hydrogens is 296 g/mol. The van der Waals surface area contributed by atoms with E-state index in [2.05, 4.69) is 4.90 Å². The maximum Gasteiger partial charge on any atom is 0.0772 e. The Balaban J connectivity index is 0.00000162. The summed E-state index contributed by atoms with van der Waals surface area (Å²) in [6.07, 6.45) is 0.751. The van der Waals surface area contributed by atoms with E-state index in [1.807, 2.05) is 12.1 Å². The van der Waals surface area contributed by atoms with Gasteiger partial charge in [0, 0.05) is 25.4 Å². The van der Waals surface area contributed by atoms with Crippen molar-refractivity contribution in [3.8, 4) is 0 Å². The Kier molecular flexibility index (Phi) is 6.53. The van der Waals surface area contributed by atoms with Gasteiger partial charge in [-0.3, -0.25) is 0 Å². The van der Waals surface area contributed by atoms with Crippen LogP contribution in [-0.4, -0.2) is 37.5 Å². The lowest BCUT2D eigenvalue weighted by Crippen LogP contribution is -2.42. The molecule has 1 fully saturated rings. The molecule has 1 saturated heterocycles. The highest BCUT2D eigenvalue weighted by Gasteiger charge is 2.20. The quantitative estimate of drug-likeness (QED) is 0.931. The lowest BCUT2D eigenvalue weighted by atomic mass is 10.2. The molecule has 1 unspecified atom stereocenters. The molecule has 18 heavy (non-hydrogen) atoms. The molecular formula is C12H16Cl3NO2. The molecule has 1 aliphatic heterocycles. The Morgan fingerprint density at radius 1 is 1.33 bits per heavy atom. The molecule has 1 aliphatic rings. The van der Waals surface area contributed by atoms with E-state index in [9.17, 15) is 0 Å². The lowest BCUT2D eigenvalue weighted by molar-refractivity contribution is 0.0247. The van der Waals surface area contributed by atoms with Gasteiger partial charge < -0.3 is 14.7 Å². The van der Waals surface area contributed by atoms with Gasteiger partial charge in [-0.05, 0) is 24.6 Å². The smallest absolute Gasteiger partial charge is 0.0772 e. The van der Waals surface area contributed by atoms with E-state index in [-0.39, 0.29) is 25.1 Å². The highest BCUT2D eigenvalue weighted by molar-refractivity contribution is 6.42. The molecule has 1 heterocycles. The van der Waals surface area contributed by atoms with Crippen LogP contribution in [-0.2, 0) is 4.74 Å². The second-order valence-electron chi connectivity index (χ2n) is 4.05. The van der Waals surface area contributed by atoms with Crippen LogP contribution in [0, 0.1) is 0 Å². The summed E-state index contributed by atoms with van der Waals surface area (Å²) in [4.78, 5) is 2.20. The van der Waals surface area contributed by atoms with Crippen LogP contribution >= 0.6 is 35.6 Å². The van der Waals surface area contributed by atoms with Crippen molar-refractivity contribution in [2.45, 2.75) is 12.5 Å². The molecule has 102 valence electrons. The van der Waals surface area contributed by atoms with E-state index in [4.69, 9.17) is 33.0 Å². The summed E-state index contributed by atoms with van der Waals surface area (Å²) in [7, 11) is 0. The van der Waals surface area contributed by atoms with Crippen LogP contribution in [0.4, 0.5) is 5.69 Å². The number of hydrogen-bond donors (Lipinski definition) is 1.